The second kappa shape index (κ2) is 6.45. The molecule has 0 spiro atoms. The summed E-state index contributed by atoms with van der Waals surface area (Å²) < 4.78 is 2.03. The monoisotopic (exact) mass is 430 g/mol. The lowest BCUT2D eigenvalue weighted by molar-refractivity contribution is 0.985. The summed E-state index contributed by atoms with van der Waals surface area (Å²) in [6.45, 7) is 0. The standard InChI is InChI=1S/C22H12N2O4S2/c25-19-15-9-17-18(22(28)24(21(17)27)12-3-7-14(30)8-4-12)10-16(15)20(26)23(19)11-1-5-13(29)6-2-11/h1-10,29-30H/p-2. The van der Waals surface area contributed by atoms with E-state index in [1.165, 1.54) is 12.1 Å². The molecule has 30 heavy (non-hydrogen) atoms. The van der Waals surface area contributed by atoms with Crippen LogP contribution in [0, 0.1) is 0 Å². The average Bonchev–Trinajstić information content (AvgIpc) is 3.13. The lowest BCUT2D eigenvalue weighted by Gasteiger charge is -2.06. The molecule has 5 rings (SSSR count). The maximum Gasteiger partial charge on any atom is 0.266 e. The fraction of sp³-hybridized carbons (Fsp3) is 0. The van der Waals surface area contributed by atoms with Crippen LogP contribution in [0.5, 0.6) is 0 Å². The molecular formula is C22H10N2O4S2-2. The van der Waals surface area contributed by atoms with Crippen LogP contribution < -0.4 is 22.2 Å². The van der Waals surface area contributed by atoms with Crippen molar-refractivity contribution in [3.05, 3.63) is 102 Å². The van der Waals surface area contributed by atoms with E-state index in [1.807, 2.05) is 0 Å². The Morgan fingerprint density at radius 1 is 0.467 bits per heavy atom. The highest BCUT2D eigenvalue weighted by atomic mass is 32.1. The SMILES string of the molecule is O=c1c2cc3c(=O)n(-c4ccc([S-])cc4)c(=O)c3cc2c(=O)n1-c1ccc([S-])cc1. The van der Waals surface area contributed by atoms with Crippen LogP contribution in [0.1, 0.15) is 0 Å². The van der Waals surface area contributed by atoms with Gasteiger partial charge in [0.2, 0.25) is 0 Å². The Bertz CT molecular complexity index is 1470. The van der Waals surface area contributed by atoms with Crippen LogP contribution in [0.25, 0.3) is 32.9 Å². The van der Waals surface area contributed by atoms with Crippen molar-refractivity contribution in [1.82, 2.24) is 9.13 Å². The van der Waals surface area contributed by atoms with Gasteiger partial charge in [0, 0.05) is 0 Å². The van der Waals surface area contributed by atoms with Gasteiger partial charge in [-0.3, -0.25) is 19.2 Å². The second-order valence-electron chi connectivity index (χ2n) is 6.82. The molecule has 3 aromatic carbocycles. The first-order valence-corrected chi connectivity index (χ1v) is 9.68. The number of benzene rings is 3. The Balaban J connectivity index is 1.83. The predicted molar refractivity (Wildman–Crippen MR) is 119 cm³/mol. The van der Waals surface area contributed by atoms with Gasteiger partial charge in [-0.1, -0.05) is 24.3 Å². The molecule has 146 valence electrons. The van der Waals surface area contributed by atoms with E-state index in [0.29, 0.717) is 21.2 Å². The lowest BCUT2D eigenvalue weighted by atomic mass is 10.1. The zero-order valence-electron chi connectivity index (χ0n) is 15.1. The minimum absolute atomic E-state index is 0.0881. The van der Waals surface area contributed by atoms with E-state index in [1.54, 1.807) is 48.5 Å². The molecule has 0 unspecified atom stereocenters. The minimum Gasteiger partial charge on any atom is -0.780 e. The normalized spacial score (nSPS) is 11.5. The third-order valence-corrected chi connectivity index (χ3v) is 5.63. The van der Waals surface area contributed by atoms with Gasteiger partial charge in [0.25, 0.3) is 22.2 Å². The molecule has 6 nitrogen and oxygen atoms in total. The van der Waals surface area contributed by atoms with E-state index < -0.39 is 22.2 Å². The van der Waals surface area contributed by atoms with E-state index in [0.717, 1.165) is 9.13 Å². The summed E-state index contributed by atoms with van der Waals surface area (Å²) >= 11 is 10.1. The second-order valence-corrected chi connectivity index (χ2v) is 7.77. The predicted octanol–water partition coefficient (Wildman–Crippen LogP) is 1.70. The van der Waals surface area contributed by atoms with Crippen molar-refractivity contribution in [2.45, 2.75) is 9.79 Å². The first-order valence-electron chi connectivity index (χ1n) is 8.86. The summed E-state index contributed by atoms with van der Waals surface area (Å²) in [5.74, 6) is 0. The van der Waals surface area contributed by atoms with E-state index in [9.17, 15) is 19.2 Å². The van der Waals surface area contributed by atoms with Gasteiger partial charge in [-0.2, -0.15) is 9.79 Å². The summed E-state index contributed by atoms with van der Waals surface area (Å²) in [5, 5.41) is 0.352. The third-order valence-electron chi connectivity index (χ3n) is 5.08. The number of nitrogens with zero attached hydrogens (tertiary/aromatic N) is 2. The Morgan fingerprint density at radius 2 is 0.733 bits per heavy atom. The fourth-order valence-corrected chi connectivity index (χ4v) is 3.91. The molecular weight excluding hydrogens is 420 g/mol. The van der Waals surface area contributed by atoms with Gasteiger partial charge < -0.3 is 25.3 Å². The smallest absolute Gasteiger partial charge is 0.266 e. The van der Waals surface area contributed by atoms with Gasteiger partial charge in [0.1, 0.15) is 0 Å². The average molecular weight is 430 g/mol. The lowest BCUT2D eigenvalue weighted by Crippen LogP contribution is -2.24. The van der Waals surface area contributed by atoms with Crippen molar-refractivity contribution < 1.29 is 0 Å². The molecule has 5 aromatic rings. The van der Waals surface area contributed by atoms with Crippen LogP contribution in [-0.2, 0) is 25.3 Å². The van der Waals surface area contributed by atoms with Crippen LogP contribution in [-0.4, -0.2) is 9.13 Å². The molecule has 0 aliphatic heterocycles. The van der Waals surface area contributed by atoms with Crippen LogP contribution in [0.2, 0.25) is 0 Å². The number of rotatable bonds is 2. The summed E-state index contributed by atoms with van der Waals surface area (Å²) in [6.07, 6.45) is 0. The molecule has 2 aromatic heterocycles. The number of fused-ring (bicyclic) bond motifs is 2. The number of hydrogen-bond donors (Lipinski definition) is 0. The largest absolute Gasteiger partial charge is 0.780 e. The summed E-state index contributed by atoms with van der Waals surface area (Å²) in [5.41, 5.74) is -1.46. The molecule has 8 heteroatoms. The number of aromatic nitrogens is 2. The molecule has 0 radical (unpaired) electrons. The van der Waals surface area contributed by atoms with Crippen LogP contribution in [0.3, 0.4) is 0 Å². The van der Waals surface area contributed by atoms with Crippen LogP contribution in [0.15, 0.2) is 89.6 Å². The summed E-state index contributed by atoms with van der Waals surface area (Å²) in [7, 11) is 0. The zero-order chi connectivity index (χ0) is 21.2. The maximum absolute atomic E-state index is 12.9. The summed E-state index contributed by atoms with van der Waals surface area (Å²) in [4.78, 5) is 52.9. The molecule has 0 fully saturated rings. The molecule has 2 heterocycles. The van der Waals surface area contributed by atoms with E-state index in [-0.39, 0.29) is 21.5 Å². The van der Waals surface area contributed by atoms with Gasteiger partial charge in [-0.25, -0.2) is 9.13 Å². The van der Waals surface area contributed by atoms with Crippen molar-refractivity contribution in [3.8, 4) is 11.4 Å². The van der Waals surface area contributed by atoms with Crippen molar-refractivity contribution in [1.29, 1.82) is 0 Å². The molecule has 0 amide bonds. The topological polar surface area (TPSA) is 78.1 Å². The Morgan fingerprint density at radius 3 is 1.00 bits per heavy atom. The van der Waals surface area contributed by atoms with Crippen LogP contribution in [0.4, 0.5) is 0 Å². The van der Waals surface area contributed by atoms with Gasteiger partial charge in [0.05, 0.1) is 32.9 Å². The van der Waals surface area contributed by atoms with Gasteiger partial charge in [-0.15, -0.1) is 0 Å². The highest BCUT2D eigenvalue weighted by Crippen LogP contribution is 2.17. The number of hydrogen-bond acceptors (Lipinski definition) is 6. The molecule has 0 atom stereocenters. The highest BCUT2D eigenvalue weighted by molar-refractivity contribution is 7.59. The summed E-state index contributed by atoms with van der Waals surface area (Å²) in [6, 6.07) is 15.5. The first-order chi connectivity index (χ1) is 14.4. The minimum atomic E-state index is -0.552. The van der Waals surface area contributed by atoms with E-state index >= 15 is 0 Å². The van der Waals surface area contributed by atoms with Gasteiger partial charge in [0.15, 0.2) is 0 Å². The molecule has 0 saturated heterocycles. The Hall–Kier alpha value is -3.62. The van der Waals surface area contributed by atoms with Gasteiger partial charge in [-0.05, 0) is 36.4 Å². The molecule has 0 aliphatic rings. The van der Waals surface area contributed by atoms with Crippen molar-refractivity contribution >= 4 is 46.8 Å². The Labute approximate surface area is 179 Å². The Kier molecular flexibility index (Phi) is 3.96. The maximum atomic E-state index is 12.9. The van der Waals surface area contributed by atoms with Crippen molar-refractivity contribution in [3.63, 3.8) is 0 Å². The van der Waals surface area contributed by atoms with Gasteiger partial charge >= 0.3 is 0 Å². The highest BCUT2D eigenvalue weighted by Gasteiger charge is 2.20. The van der Waals surface area contributed by atoms with Crippen molar-refractivity contribution in [2.75, 3.05) is 0 Å². The third kappa shape index (κ3) is 2.54. The molecule has 0 bridgehead atoms. The van der Waals surface area contributed by atoms with E-state index in [2.05, 4.69) is 0 Å². The quantitative estimate of drug-likeness (QED) is 0.397. The molecule has 0 N–H and O–H groups in total. The fourth-order valence-electron chi connectivity index (χ4n) is 3.63. The van der Waals surface area contributed by atoms with E-state index in [4.69, 9.17) is 25.3 Å². The van der Waals surface area contributed by atoms with Crippen molar-refractivity contribution in [2.24, 2.45) is 0 Å². The first kappa shape index (κ1) is 18.4. The zero-order valence-corrected chi connectivity index (χ0v) is 16.8. The van der Waals surface area contributed by atoms with Crippen LogP contribution >= 0.6 is 0 Å². The molecule has 0 saturated carbocycles. The molecule has 0 aliphatic carbocycles.